The van der Waals surface area contributed by atoms with Gasteiger partial charge in [-0.3, -0.25) is 4.90 Å². The van der Waals surface area contributed by atoms with Gasteiger partial charge in [-0.15, -0.1) is 0 Å². The van der Waals surface area contributed by atoms with Gasteiger partial charge in [0, 0.05) is 38.3 Å². The van der Waals surface area contributed by atoms with Crippen molar-refractivity contribution in [2.75, 3.05) is 58.7 Å². The molecule has 6 heteroatoms. The molecule has 136 valence electrons. The van der Waals surface area contributed by atoms with Gasteiger partial charge in [0.15, 0.2) is 0 Å². The molecule has 0 atom stereocenters. The third-order valence-electron chi connectivity index (χ3n) is 4.56. The van der Waals surface area contributed by atoms with Crippen LogP contribution in [0, 0.1) is 0 Å². The van der Waals surface area contributed by atoms with Gasteiger partial charge in [0.2, 0.25) is 0 Å². The molecule has 1 aromatic heterocycles. The maximum absolute atomic E-state index is 4.87. The highest BCUT2D eigenvalue weighted by molar-refractivity contribution is 5.61. The fraction of sp³-hybridized carbons (Fsp3) is 0.579. The second-order valence-electron chi connectivity index (χ2n) is 6.95. The van der Waals surface area contributed by atoms with Crippen LogP contribution in [0.1, 0.15) is 23.5 Å². The number of hydrogen-bond donors (Lipinski definition) is 2. The van der Waals surface area contributed by atoms with Crippen LogP contribution in [-0.2, 0) is 13.0 Å². The van der Waals surface area contributed by atoms with E-state index in [1.165, 1.54) is 5.56 Å². The summed E-state index contributed by atoms with van der Waals surface area (Å²) in [7, 11) is 4.22. The molecule has 2 aliphatic rings. The van der Waals surface area contributed by atoms with Gasteiger partial charge in [0.05, 0.1) is 12.2 Å². The highest BCUT2D eigenvalue weighted by Crippen LogP contribution is 2.22. The number of nitrogens with one attached hydrogen (secondary N) is 2. The van der Waals surface area contributed by atoms with Crippen molar-refractivity contribution in [2.24, 2.45) is 0 Å². The Kier molecular flexibility index (Phi) is 6.55. The fourth-order valence-electron chi connectivity index (χ4n) is 3.19. The largest absolute Gasteiger partial charge is 0.370 e. The first-order valence-corrected chi connectivity index (χ1v) is 9.27. The minimum absolute atomic E-state index is 0.822. The maximum Gasteiger partial charge on any atom is 0.145 e. The first kappa shape index (κ1) is 18.0. The van der Waals surface area contributed by atoms with Gasteiger partial charge < -0.3 is 15.5 Å². The zero-order valence-electron chi connectivity index (χ0n) is 15.5. The SMILES string of the molecule is CN(C)CCCNc1nc(CN2CCNCC2)nc2c1CC=CC=C2. The van der Waals surface area contributed by atoms with E-state index in [0.717, 1.165) is 76.0 Å². The molecule has 0 saturated carbocycles. The summed E-state index contributed by atoms with van der Waals surface area (Å²) in [4.78, 5) is 14.3. The zero-order chi connectivity index (χ0) is 17.5. The molecule has 1 aliphatic carbocycles. The number of piperazine rings is 1. The van der Waals surface area contributed by atoms with Crippen molar-refractivity contribution in [3.05, 3.63) is 35.3 Å². The van der Waals surface area contributed by atoms with Crippen molar-refractivity contribution in [2.45, 2.75) is 19.4 Å². The number of anilines is 1. The van der Waals surface area contributed by atoms with E-state index in [1.54, 1.807) is 0 Å². The molecular formula is C19H30N6. The van der Waals surface area contributed by atoms with Crippen molar-refractivity contribution in [1.29, 1.82) is 0 Å². The molecule has 25 heavy (non-hydrogen) atoms. The van der Waals surface area contributed by atoms with Crippen molar-refractivity contribution in [3.8, 4) is 0 Å². The van der Waals surface area contributed by atoms with Crippen LogP contribution in [0.5, 0.6) is 0 Å². The zero-order valence-corrected chi connectivity index (χ0v) is 15.5. The second kappa shape index (κ2) is 9.08. The Morgan fingerprint density at radius 1 is 1.20 bits per heavy atom. The molecule has 0 bridgehead atoms. The summed E-state index contributed by atoms with van der Waals surface area (Å²) >= 11 is 0. The molecule has 2 N–H and O–H groups in total. The van der Waals surface area contributed by atoms with Gasteiger partial charge in [0.1, 0.15) is 11.6 Å². The predicted molar refractivity (Wildman–Crippen MR) is 104 cm³/mol. The number of allylic oxidation sites excluding steroid dienone is 3. The monoisotopic (exact) mass is 342 g/mol. The van der Waals surface area contributed by atoms with Crippen LogP contribution in [0.15, 0.2) is 18.2 Å². The minimum Gasteiger partial charge on any atom is -0.370 e. The van der Waals surface area contributed by atoms with E-state index < -0.39 is 0 Å². The molecule has 0 aromatic carbocycles. The standard InChI is InChI=1S/C19H30N6/c1-24(2)12-6-9-21-19-16-7-4-3-5-8-17(16)22-18(23-19)15-25-13-10-20-11-14-25/h3-5,8,20H,6-7,9-15H2,1-2H3,(H,21,22,23). The van der Waals surface area contributed by atoms with E-state index in [0.29, 0.717) is 0 Å². The number of hydrogen-bond acceptors (Lipinski definition) is 6. The Labute approximate surface area is 151 Å². The molecule has 2 heterocycles. The average molecular weight is 342 g/mol. The maximum atomic E-state index is 4.87. The molecule has 0 amide bonds. The van der Waals surface area contributed by atoms with E-state index in [2.05, 4.69) is 58.8 Å². The predicted octanol–water partition coefficient (Wildman–Crippen LogP) is 1.37. The number of aromatic nitrogens is 2. The van der Waals surface area contributed by atoms with Crippen LogP contribution in [0.25, 0.3) is 6.08 Å². The van der Waals surface area contributed by atoms with E-state index in [-0.39, 0.29) is 0 Å². The summed E-state index contributed by atoms with van der Waals surface area (Å²) in [5, 5.41) is 6.95. The Hall–Kier alpha value is -1.76. The van der Waals surface area contributed by atoms with Crippen LogP contribution >= 0.6 is 0 Å². The summed E-state index contributed by atoms with van der Waals surface area (Å²) in [6.07, 6.45) is 10.4. The molecule has 1 saturated heterocycles. The Balaban J connectivity index is 1.74. The minimum atomic E-state index is 0.822. The van der Waals surface area contributed by atoms with Crippen LogP contribution in [0.2, 0.25) is 0 Å². The normalized spacial score (nSPS) is 17.6. The number of nitrogens with zero attached hydrogens (tertiary/aromatic N) is 4. The quantitative estimate of drug-likeness (QED) is 0.730. The van der Waals surface area contributed by atoms with Crippen LogP contribution in [-0.4, -0.2) is 73.1 Å². The van der Waals surface area contributed by atoms with Crippen LogP contribution in [0.4, 0.5) is 5.82 Å². The lowest BCUT2D eigenvalue weighted by Gasteiger charge is -2.26. The molecule has 0 unspecified atom stereocenters. The van der Waals surface area contributed by atoms with Crippen LogP contribution < -0.4 is 10.6 Å². The number of fused-ring (bicyclic) bond motifs is 1. The van der Waals surface area contributed by atoms with E-state index in [4.69, 9.17) is 9.97 Å². The summed E-state index contributed by atoms with van der Waals surface area (Å²) in [6.45, 7) is 7.04. The van der Waals surface area contributed by atoms with Crippen molar-refractivity contribution < 1.29 is 0 Å². The molecule has 1 fully saturated rings. The van der Waals surface area contributed by atoms with Crippen molar-refractivity contribution in [3.63, 3.8) is 0 Å². The molecule has 1 aliphatic heterocycles. The Morgan fingerprint density at radius 2 is 2.04 bits per heavy atom. The summed E-state index contributed by atoms with van der Waals surface area (Å²) in [5.74, 6) is 1.92. The van der Waals surface area contributed by atoms with E-state index in [1.807, 2.05) is 0 Å². The second-order valence-corrected chi connectivity index (χ2v) is 6.95. The van der Waals surface area contributed by atoms with Gasteiger partial charge in [-0.1, -0.05) is 18.2 Å². The summed E-state index contributed by atoms with van der Waals surface area (Å²) < 4.78 is 0. The Bertz CT molecular complexity index is 617. The van der Waals surface area contributed by atoms with E-state index >= 15 is 0 Å². The molecular weight excluding hydrogens is 312 g/mol. The summed E-state index contributed by atoms with van der Waals surface area (Å²) in [5.41, 5.74) is 2.26. The molecule has 6 nitrogen and oxygen atoms in total. The molecule has 0 radical (unpaired) electrons. The molecule has 1 aromatic rings. The molecule has 0 spiro atoms. The van der Waals surface area contributed by atoms with Gasteiger partial charge in [0.25, 0.3) is 0 Å². The number of rotatable bonds is 7. The van der Waals surface area contributed by atoms with Gasteiger partial charge in [-0.2, -0.15) is 0 Å². The van der Waals surface area contributed by atoms with Crippen molar-refractivity contribution in [1.82, 2.24) is 25.1 Å². The lowest BCUT2D eigenvalue weighted by Crippen LogP contribution is -2.43. The smallest absolute Gasteiger partial charge is 0.145 e. The lowest BCUT2D eigenvalue weighted by molar-refractivity contribution is 0.228. The van der Waals surface area contributed by atoms with Crippen LogP contribution in [0.3, 0.4) is 0 Å². The van der Waals surface area contributed by atoms with Gasteiger partial charge in [-0.05, 0) is 39.6 Å². The fourth-order valence-corrected chi connectivity index (χ4v) is 3.19. The van der Waals surface area contributed by atoms with Crippen molar-refractivity contribution >= 4 is 11.9 Å². The lowest BCUT2D eigenvalue weighted by atomic mass is 10.1. The highest BCUT2D eigenvalue weighted by atomic mass is 15.2. The first-order valence-electron chi connectivity index (χ1n) is 9.27. The third-order valence-corrected chi connectivity index (χ3v) is 4.56. The third kappa shape index (κ3) is 5.36. The van der Waals surface area contributed by atoms with Gasteiger partial charge in [-0.25, -0.2) is 9.97 Å². The van der Waals surface area contributed by atoms with E-state index in [9.17, 15) is 0 Å². The Morgan fingerprint density at radius 3 is 2.84 bits per heavy atom. The van der Waals surface area contributed by atoms with Gasteiger partial charge >= 0.3 is 0 Å². The topological polar surface area (TPSA) is 56.3 Å². The summed E-state index contributed by atoms with van der Waals surface area (Å²) in [6, 6.07) is 0. The average Bonchev–Trinajstić information content (AvgIpc) is 2.85. The highest BCUT2D eigenvalue weighted by Gasteiger charge is 2.16. The molecule has 3 rings (SSSR count). The first-order chi connectivity index (χ1) is 12.2.